The van der Waals surface area contributed by atoms with E-state index in [-0.39, 0.29) is 10.8 Å². The van der Waals surface area contributed by atoms with Gasteiger partial charge in [-0.3, -0.25) is 0 Å². The fourth-order valence-electron chi connectivity index (χ4n) is 3.81. The van der Waals surface area contributed by atoms with Crippen molar-refractivity contribution in [2.75, 3.05) is 0 Å². The van der Waals surface area contributed by atoms with E-state index in [2.05, 4.69) is 13.8 Å². The first-order chi connectivity index (χ1) is 9.41. The molecule has 0 radical (unpaired) electrons. The molecule has 0 unspecified atom stereocenters. The van der Waals surface area contributed by atoms with E-state index in [9.17, 15) is 10.2 Å². The SMILES string of the molecule is CC1(c2ccc(O)cc2)CC(C)(c2ccc(O)cc2)C1. The van der Waals surface area contributed by atoms with Gasteiger partial charge in [0.2, 0.25) is 0 Å². The van der Waals surface area contributed by atoms with Crippen LogP contribution in [0.25, 0.3) is 0 Å². The molecule has 104 valence electrons. The molecule has 0 saturated heterocycles. The summed E-state index contributed by atoms with van der Waals surface area (Å²) in [7, 11) is 0. The molecule has 1 aliphatic carbocycles. The minimum Gasteiger partial charge on any atom is -0.508 e. The maximum absolute atomic E-state index is 9.40. The number of phenols is 2. The Bertz CT molecular complexity index is 549. The third-order valence-electron chi connectivity index (χ3n) is 4.69. The number of benzene rings is 2. The summed E-state index contributed by atoms with van der Waals surface area (Å²) < 4.78 is 0. The molecule has 1 fully saturated rings. The molecule has 0 heterocycles. The second-order valence-electron chi connectivity index (χ2n) is 6.57. The summed E-state index contributed by atoms with van der Waals surface area (Å²) in [6.45, 7) is 4.56. The van der Waals surface area contributed by atoms with Gasteiger partial charge < -0.3 is 10.2 Å². The van der Waals surface area contributed by atoms with Crippen molar-refractivity contribution in [2.24, 2.45) is 0 Å². The van der Waals surface area contributed by atoms with Crippen molar-refractivity contribution >= 4 is 0 Å². The fourth-order valence-corrected chi connectivity index (χ4v) is 3.81. The minimum absolute atomic E-state index is 0.167. The number of phenolic OH excluding ortho intramolecular Hbond substituents is 2. The molecule has 0 spiro atoms. The quantitative estimate of drug-likeness (QED) is 0.860. The Morgan fingerprint density at radius 1 is 0.650 bits per heavy atom. The summed E-state index contributed by atoms with van der Waals surface area (Å²) in [6, 6.07) is 15.1. The minimum atomic E-state index is 0.167. The van der Waals surface area contributed by atoms with Gasteiger partial charge in [0.05, 0.1) is 0 Å². The predicted octanol–water partition coefficient (Wildman–Crippen LogP) is 4.11. The van der Waals surface area contributed by atoms with Crippen molar-refractivity contribution in [2.45, 2.75) is 37.5 Å². The van der Waals surface area contributed by atoms with E-state index >= 15 is 0 Å². The third kappa shape index (κ3) is 2.05. The van der Waals surface area contributed by atoms with Crippen LogP contribution in [0.5, 0.6) is 11.5 Å². The standard InChI is InChI=1S/C18H20O2/c1-17(13-3-7-15(19)8-4-13)11-18(2,12-17)14-5-9-16(20)10-6-14/h3-10,19-20H,11-12H2,1-2H3. The highest BCUT2D eigenvalue weighted by Crippen LogP contribution is 2.56. The fraction of sp³-hybridized carbons (Fsp3) is 0.333. The van der Waals surface area contributed by atoms with Crippen LogP contribution in [-0.2, 0) is 10.8 Å². The van der Waals surface area contributed by atoms with Gasteiger partial charge in [0.1, 0.15) is 11.5 Å². The average molecular weight is 268 g/mol. The highest BCUT2D eigenvalue weighted by molar-refractivity contribution is 5.40. The normalized spacial score (nSPS) is 28.9. The van der Waals surface area contributed by atoms with Crippen molar-refractivity contribution in [3.05, 3.63) is 59.7 Å². The zero-order chi connectivity index (χ0) is 14.4. The Morgan fingerprint density at radius 3 is 1.25 bits per heavy atom. The first-order valence-corrected chi connectivity index (χ1v) is 7.00. The second-order valence-corrected chi connectivity index (χ2v) is 6.57. The lowest BCUT2D eigenvalue weighted by Crippen LogP contribution is -2.48. The van der Waals surface area contributed by atoms with E-state index in [1.165, 1.54) is 11.1 Å². The van der Waals surface area contributed by atoms with Crippen molar-refractivity contribution in [3.8, 4) is 11.5 Å². The smallest absolute Gasteiger partial charge is 0.115 e. The van der Waals surface area contributed by atoms with Gasteiger partial charge in [-0.25, -0.2) is 0 Å². The highest BCUT2D eigenvalue weighted by Gasteiger charge is 2.50. The van der Waals surface area contributed by atoms with Gasteiger partial charge in [-0.05, 0) is 59.1 Å². The molecular weight excluding hydrogens is 248 g/mol. The van der Waals surface area contributed by atoms with Crippen molar-refractivity contribution in [3.63, 3.8) is 0 Å². The van der Waals surface area contributed by atoms with Gasteiger partial charge in [-0.2, -0.15) is 0 Å². The topological polar surface area (TPSA) is 40.5 Å². The Labute approximate surface area is 119 Å². The lowest BCUT2D eigenvalue weighted by molar-refractivity contribution is 0.131. The summed E-state index contributed by atoms with van der Waals surface area (Å²) in [4.78, 5) is 0. The monoisotopic (exact) mass is 268 g/mol. The van der Waals surface area contributed by atoms with Crippen LogP contribution in [0.1, 0.15) is 37.8 Å². The van der Waals surface area contributed by atoms with E-state index < -0.39 is 0 Å². The second kappa shape index (κ2) is 4.27. The number of hydrogen-bond acceptors (Lipinski definition) is 2. The van der Waals surface area contributed by atoms with Gasteiger partial charge in [-0.15, -0.1) is 0 Å². The molecule has 20 heavy (non-hydrogen) atoms. The number of hydrogen-bond donors (Lipinski definition) is 2. The highest BCUT2D eigenvalue weighted by atomic mass is 16.3. The van der Waals surface area contributed by atoms with Crippen molar-refractivity contribution in [1.82, 2.24) is 0 Å². The van der Waals surface area contributed by atoms with Gasteiger partial charge in [0, 0.05) is 0 Å². The van der Waals surface area contributed by atoms with Crippen LogP contribution in [0.4, 0.5) is 0 Å². The summed E-state index contributed by atoms with van der Waals surface area (Å²) in [5, 5.41) is 18.8. The molecule has 3 rings (SSSR count). The van der Waals surface area contributed by atoms with E-state index in [4.69, 9.17) is 0 Å². The molecule has 1 saturated carbocycles. The van der Waals surface area contributed by atoms with E-state index in [1.807, 2.05) is 24.3 Å². The number of aromatic hydroxyl groups is 2. The van der Waals surface area contributed by atoms with Crippen LogP contribution in [0.3, 0.4) is 0 Å². The summed E-state index contributed by atoms with van der Waals surface area (Å²) >= 11 is 0. The largest absolute Gasteiger partial charge is 0.508 e. The lowest BCUT2D eigenvalue weighted by atomic mass is 9.50. The van der Waals surface area contributed by atoms with E-state index in [0.29, 0.717) is 11.5 Å². The molecule has 0 atom stereocenters. The Morgan fingerprint density at radius 2 is 0.950 bits per heavy atom. The van der Waals surface area contributed by atoms with Crippen LogP contribution in [0.2, 0.25) is 0 Å². The Hall–Kier alpha value is -1.96. The van der Waals surface area contributed by atoms with Gasteiger partial charge >= 0.3 is 0 Å². The Kier molecular flexibility index (Phi) is 2.79. The average Bonchev–Trinajstić information content (AvgIpc) is 2.38. The molecule has 0 bridgehead atoms. The maximum atomic E-state index is 9.40. The first kappa shape index (κ1) is 13.0. The van der Waals surface area contributed by atoms with Crippen LogP contribution in [-0.4, -0.2) is 10.2 Å². The lowest BCUT2D eigenvalue weighted by Gasteiger charge is -2.54. The maximum Gasteiger partial charge on any atom is 0.115 e. The van der Waals surface area contributed by atoms with Crippen LogP contribution < -0.4 is 0 Å². The molecule has 2 heteroatoms. The summed E-state index contributed by atoms with van der Waals surface area (Å²) in [5.74, 6) is 0.635. The van der Waals surface area contributed by atoms with Gasteiger partial charge in [0.15, 0.2) is 0 Å². The molecule has 2 aromatic rings. The summed E-state index contributed by atoms with van der Waals surface area (Å²) in [5.41, 5.74) is 2.90. The van der Waals surface area contributed by atoms with Crippen molar-refractivity contribution in [1.29, 1.82) is 0 Å². The molecule has 2 nitrogen and oxygen atoms in total. The van der Waals surface area contributed by atoms with Crippen LogP contribution in [0.15, 0.2) is 48.5 Å². The van der Waals surface area contributed by atoms with E-state index in [1.54, 1.807) is 24.3 Å². The Balaban J connectivity index is 1.82. The first-order valence-electron chi connectivity index (χ1n) is 7.00. The molecular formula is C18H20O2. The third-order valence-corrected chi connectivity index (χ3v) is 4.69. The van der Waals surface area contributed by atoms with Gasteiger partial charge in [-0.1, -0.05) is 38.1 Å². The van der Waals surface area contributed by atoms with E-state index in [0.717, 1.165) is 12.8 Å². The predicted molar refractivity (Wildman–Crippen MR) is 80.2 cm³/mol. The summed E-state index contributed by atoms with van der Waals surface area (Å²) in [6.07, 6.45) is 2.16. The molecule has 2 aromatic carbocycles. The van der Waals surface area contributed by atoms with Crippen LogP contribution in [0, 0.1) is 0 Å². The zero-order valence-electron chi connectivity index (χ0n) is 11.9. The molecule has 0 aliphatic heterocycles. The number of rotatable bonds is 2. The molecule has 0 amide bonds. The van der Waals surface area contributed by atoms with Gasteiger partial charge in [0.25, 0.3) is 0 Å². The van der Waals surface area contributed by atoms with Crippen LogP contribution >= 0.6 is 0 Å². The molecule has 0 aromatic heterocycles. The molecule has 1 aliphatic rings. The molecule has 2 N–H and O–H groups in total. The zero-order valence-corrected chi connectivity index (χ0v) is 11.9. The van der Waals surface area contributed by atoms with Crippen molar-refractivity contribution < 1.29 is 10.2 Å².